The maximum absolute atomic E-state index is 5.86. The Kier molecular flexibility index (Phi) is 23.5. The van der Waals surface area contributed by atoms with Gasteiger partial charge in [0.25, 0.3) is 0 Å². The van der Waals surface area contributed by atoms with Gasteiger partial charge in [0, 0.05) is 37.6 Å². The largest absolute Gasteiger partial charge is 0.377 e. The molecule has 12 nitrogen and oxygen atoms in total. The van der Waals surface area contributed by atoms with E-state index in [0.29, 0.717) is 132 Å². The quantitative estimate of drug-likeness (QED) is 0.172. The van der Waals surface area contributed by atoms with Crippen molar-refractivity contribution < 1.29 is 47.4 Å². The molecule has 4 aromatic rings. The molecule has 12 heteroatoms. The Morgan fingerprint density at radius 3 is 0.641 bits per heavy atom. The Morgan fingerprint density at radius 1 is 0.234 bits per heavy atom. The summed E-state index contributed by atoms with van der Waals surface area (Å²) in [5.41, 5.74) is 9.21. The molecule has 0 amide bonds. The standard InChI is InChI=1S/C52H68N2O10/c1(3-47-9-17-51(18-10-47)53-21-25-55-29-33-59-37-41-63-42-38-60-34-30-56-26-22-53)45-5-13-49(14-6-45)50-15-7-46(8-16-50)2-4-48-11-19-52(20-12-48)54-23-27-57-31-35-61-39-43-64-44-40-62-36-32-58-28-24-54/h1-20H,21-44H2/b3-1+,4-2+. The fourth-order valence-electron chi connectivity index (χ4n) is 6.95. The van der Waals surface area contributed by atoms with Gasteiger partial charge in [-0.2, -0.15) is 0 Å². The van der Waals surface area contributed by atoms with Crippen molar-refractivity contribution >= 4 is 35.7 Å². The molecule has 0 N–H and O–H groups in total. The number of hydrogen-bond acceptors (Lipinski definition) is 12. The van der Waals surface area contributed by atoms with Crippen LogP contribution in [-0.4, -0.2) is 158 Å². The maximum atomic E-state index is 5.86. The third-order valence-corrected chi connectivity index (χ3v) is 10.6. The van der Waals surface area contributed by atoms with E-state index in [1.807, 2.05) is 0 Å². The van der Waals surface area contributed by atoms with E-state index in [-0.39, 0.29) is 0 Å². The highest BCUT2D eigenvalue weighted by Crippen LogP contribution is 2.23. The summed E-state index contributed by atoms with van der Waals surface area (Å²) in [4.78, 5) is 4.60. The summed E-state index contributed by atoms with van der Waals surface area (Å²) in [5, 5.41) is 0. The molecule has 2 heterocycles. The molecular weight excluding hydrogens is 813 g/mol. The molecule has 346 valence electrons. The van der Waals surface area contributed by atoms with Crippen molar-refractivity contribution in [2.45, 2.75) is 0 Å². The highest BCUT2D eigenvalue weighted by atomic mass is 16.6. The van der Waals surface area contributed by atoms with Gasteiger partial charge in [0.05, 0.1) is 132 Å². The van der Waals surface area contributed by atoms with Crippen LogP contribution in [0, 0.1) is 0 Å². The molecule has 0 radical (unpaired) electrons. The van der Waals surface area contributed by atoms with E-state index in [1.165, 1.54) is 11.1 Å². The Labute approximate surface area is 380 Å². The van der Waals surface area contributed by atoms with Gasteiger partial charge >= 0.3 is 0 Å². The second-order valence-electron chi connectivity index (χ2n) is 15.2. The lowest BCUT2D eigenvalue weighted by Gasteiger charge is -2.25. The first kappa shape index (κ1) is 49.0. The summed E-state index contributed by atoms with van der Waals surface area (Å²) in [6, 6.07) is 34.7. The van der Waals surface area contributed by atoms with Crippen molar-refractivity contribution in [3.05, 3.63) is 119 Å². The first-order chi connectivity index (χ1) is 31.8. The van der Waals surface area contributed by atoms with Crippen LogP contribution in [0.2, 0.25) is 0 Å². The lowest BCUT2D eigenvalue weighted by Crippen LogP contribution is -2.31. The molecule has 0 spiro atoms. The number of nitrogens with zero attached hydrogens (tertiary/aromatic N) is 2. The monoisotopic (exact) mass is 880 g/mol. The Balaban J connectivity index is 0.960. The Bertz CT molecular complexity index is 1680. The van der Waals surface area contributed by atoms with Gasteiger partial charge in [0.15, 0.2) is 0 Å². The summed E-state index contributed by atoms with van der Waals surface area (Å²) >= 11 is 0. The van der Waals surface area contributed by atoms with Gasteiger partial charge in [-0.05, 0) is 57.6 Å². The lowest BCUT2D eigenvalue weighted by molar-refractivity contribution is -0.0116. The van der Waals surface area contributed by atoms with Gasteiger partial charge in [-0.1, -0.05) is 97.1 Å². The van der Waals surface area contributed by atoms with Crippen LogP contribution in [-0.2, 0) is 47.4 Å². The average Bonchev–Trinajstić information content (AvgIpc) is 3.33. The SMILES string of the molecule is C(=C\c1ccc(N2CCOCCOCCOCCOCCOCC2)cc1)/c1ccc(-c2ccc(/C=C/c3ccc(N4CCOCCOCCOCCOCCOCC4)cc3)cc2)cc1. The molecule has 2 fully saturated rings. The normalized spacial score (nSPS) is 19.1. The third kappa shape index (κ3) is 19.3. The van der Waals surface area contributed by atoms with Crippen LogP contribution in [0.3, 0.4) is 0 Å². The molecule has 0 aliphatic carbocycles. The predicted octanol–water partition coefficient (Wildman–Crippen LogP) is 7.50. The molecule has 0 aromatic heterocycles. The minimum atomic E-state index is 0.553. The number of anilines is 2. The van der Waals surface area contributed by atoms with Crippen LogP contribution < -0.4 is 9.80 Å². The number of benzene rings is 4. The van der Waals surface area contributed by atoms with Crippen LogP contribution in [0.1, 0.15) is 22.3 Å². The fourth-order valence-corrected chi connectivity index (χ4v) is 6.95. The van der Waals surface area contributed by atoms with E-state index >= 15 is 0 Å². The van der Waals surface area contributed by atoms with Crippen molar-refractivity contribution in [3.63, 3.8) is 0 Å². The van der Waals surface area contributed by atoms with E-state index in [0.717, 1.165) is 59.8 Å². The van der Waals surface area contributed by atoms with Gasteiger partial charge in [-0.25, -0.2) is 0 Å². The van der Waals surface area contributed by atoms with Crippen LogP contribution in [0.25, 0.3) is 35.4 Å². The minimum absolute atomic E-state index is 0.553. The summed E-state index contributed by atoms with van der Waals surface area (Å²) in [5.74, 6) is 0. The summed E-state index contributed by atoms with van der Waals surface area (Å²) in [6.45, 7) is 14.4. The topological polar surface area (TPSA) is 98.8 Å². The van der Waals surface area contributed by atoms with E-state index in [1.54, 1.807) is 0 Å². The van der Waals surface area contributed by atoms with E-state index < -0.39 is 0 Å². The lowest BCUT2D eigenvalue weighted by atomic mass is 10.0. The van der Waals surface area contributed by atoms with E-state index in [2.05, 4.69) is 131 Å². The second kappa shape index (κ2) is 30.7. The van der Waals surface area contributed by atoms with Crippen molar-refractivity contribution in [1.82, 2.24) is 0 Å². The molecule has 0 atom stereocenters. The molecule has 0 unspecified atom stereocenters. The van der Waals surface area contributed by atoms with Crippen LogP contribution in [0.15, 0.2) is 97.1 Å². The zero-order valence-corrected chi connectivity index (χ0v) is 37.5. The molecule has 2 aliphatic heterocycles. The number of hydrogen-bond donors (Lipinski definition) is 0. The first-order valence-corrected chi connectivity index (χ1v) is 22.8. The fraction of sp³-hybridized carbons (Fsp3) is 0.462. The molecular formula is C52H68N2O10. The van der Waals surface area contributed by atoms with Crippen LogP contribution in [0.4, 0.5) is 11.4 Å². The number of ether oxygens (including phenoxy) is 10. The smallest absolute Gasteiger partial charge is 0.0701 e. The van der Waals surface area contributed by atoms with E-state index in [4.69, 9.17) is 47.4 Å². The molecule has 0 saturated carbocycles. The molecule has 64 heavy (non-hydrogen) atoms. The molecule has 6 rings (SSSR count). The van der Waals surface area contributed by atoms with Crippen molar-refractivity contribution in [3.8, 4) is 11.1 Å². The Hall–Kier alpha value is -4.44. The van der Waals surface area contributed by atoms with Crippen molar-refractivity contribution in [2.75, 3.05) is 168 Å². The van der Waals surface area contributed by atoms with Crippen LogP contribution >= 0.6 is 0 Å². The maximum Gasteiger partial charge on any atom is 0.0701 e. The number of rotatable bonds is 7. The van der Waals surface area contributed by atoms with Gasteiger partial charge in [0.2, 0.25) is 0 Å². The second-order valence-corrected chi connectivity index (χ2v) is 15.2. The van der Waals surface area contributed by atoms with E-state index in [9.17, 15) is 0 Å². The highest BCUT2D eigenvalue weighted by Gasteiger charge is 2.10. The van der Waals surface area contributed by atoms with Crippen LogP contribution in [0.5, 0.6) is 0 Å². The molecule has 2 saturated heterocycles. The summed E-state index contributed by atoms with van der Waals surface area (Å²) in [6.07, 6.45) is 8.63. The van der Waals surface area contributed by atoms with Gasteiger partial charge < -0.3 is 57.2 Å². The Morgan fingerprint density at radius 2 is 0.422 bits per heavy atom. The third-order valence-electron chi connectivity index (χ3n) is 10.6. The molecule has 2 aliphatic rings. The van der Waals surface area contributed by atoms with Crippen molar-refractivity contribution in [2.24, 2.45) is 0 Å². The van der Waals surface area contributed by atoms with Gasteiger partial charge in [0.1, 0.15) is 0 Å². The minimum Gasteiger partial charge on any atom is -0.377 e. The average molecular weight is 881 g/mol. The summed E-state index contributed by atoms with van der Waals surface area (Å²) < 4.78 is 56.8. The zero-order valence-electron chi connectivity index (χ0n) is 37.5. The molecule has 4 aromatic carbocycles. The van der Waals surface area contributed by atoms with Crippen molar-refractivity contribution in [1.29, 1.82) is 0 Å². The van der Waals surface area contributed by atoms with Gasteiger partial charge in [-0.3, -0.25) is 0 Å². The highest BCUT2D eigenvalue weighted by molar-refractivity contribution is 5.75. The zero-order chi connectivity index (χ0) is 44.0. The molecule has 0 bridgehead atoms. The van der Waals surface area contributed by atoms with Gasteiger partial charge in [-0.15, -0.1) is 0 Å². The first-order valence-electron chi connectivity index (χ1n) is 22.8. The summed E-state index contributed by atoms with van der Waals surface area (Å²) in [7, 11) is 0. The predicted molar refractivity (Wildman–Crippen MR) is 255 cm³/mol.